The van der Waals surface area contributed by atoms with Crippen LogP contribution in [0.4, 0.5) is 4.39 Å². The van der Waals surface area contributed by atoms with Crippen LogP contribution in [-0.4, -0.2) is 21.8 Å². The highest BCUT2D eigenvalue weighted by Crippen LogP contribution is 2.41. The zero-order chi connectivity index (χ0) is 13.7. The number of para-hydroxylation sites is 1. The van der Waals surface area contributed by atoms with E-state index in [9.17, 15) is 14.0 Å². The number of aromatic nitrogens is 1. The fourth-order valence-corrected chi connectivity index (χ4v) is 2.49. The van der Waals surface area contributed by atoms with Gasteiger partial charge in [-0.3, -0.25) is 4.79 Å². The Bertz CT molecular complexity index is 755. The topological polar surface area (TPSA) is 59.3 Å². The minimum atomic E-state index is -1.32. The summed E-state index contributed by atoms with van der Waals surface area (Å²) in [6.07, 6.45) is 0.467. The van der Waals surface area contributed by atoms with Crippen LogP contribution in [0.2, 0.25) is 5.02 Å². The standard InChI is InChI=1S/C13H9ClFNO3/c14-8-3-1-2-6-11(8)16(10-4-9(10)15)5-7(12(6)17)13(18)19/h1-3,5,9-10H,4H2,(H,18,19). The molecule has 2 aromatic rings. The van der Waals surface area contributed by atoms with Gasteiger partial charge in [-0.15, -0.1) is 0 Å². The van der Waals surface area contributed by atoms with E-state index in [4.69, 9.17) is 16.7 Å². The van der Waals surface area contributed by atoms with Crippen molar-refractivity contribution in [2.75, 3.05) is 0 Å². The van der Waals surface area contributed by atoms with E-state index < -0.39 is 23.6 Å². The smallest absolute Gasteiger partial charge is 0.341 e. The zero-order valence-corrected chi connectivity index (χ0v) is 10.4. The average Bonchev–Trinajstić information content (AvgIpc) is 3.07. The first-order chi connectivity index (χ1) is 9.00. The van der Waals surface area contributed by atoms with Gasteiger partial charge in [0, 0.05) is 18.0 Å². The van der Waals surface area contributed by atoms with E-state index in [1.54, 1.807) is 12.1 Å². The number of carboxylic acids is 1. The third-order valence-electron chi connectivity index (χ3n) is 3.27. The second-order valence-corrected chi connectivity index (χ2v) is 4.95. The van der Waals surface area contributed by atoms with Gasteiger partial charge in [0.05, 0.1) is 16.6 Å². The maximum absolute atomic E-state index is 13.3. The molecule has 1 heterocycles. The first-order valence-electron chi connectivity index (χ1n) is 5.71. The predicted octanol–water partition coefficient (Wildman–Crippen LogP) is 2.64. The van der Waals surface area contributed by atoms with Gasteiger partial charge in [-0.1, -0.05) is 17.7 Å². The summed E-state index contributed by atoms with van der Waals surface area (Å²) in [5.41, 5.74) is -0.574. The Hall–Kier alpha value is -1.88. The quantitative estimate of drug-likeness (QED) is 0.920. The molecule has 1 aromatic carbocycles. The molecule has 19 heavy (non-hydrogen) atoms. The van der Waals surface area contributed by atoms with Crippen molar-refractivity contribution < 1.29 is 14.3 Å². The Morgan fingerprint density at radius 3 is 2.74 bits per heavy atom. The van der Waals surface area contributed by atoms with Crippen molar-refractivity contribution in [1.29, 1.82) is 0 Å². The number of nitrogens with zero attached hydrogens (tertiary/aromatic N) is 1. The SMILES string of the molecule is O=C(O)c1cn(C2CC2F)c2c(Cl)cccc2c1=O. The first kappa shape index (κ1) is 12.2. The van der Waals surface area contributed by atoms with Crippen molar-refractivity contribution >= 4 is 28.5 Å². The molecule has 1 aliphatic carbocycles. The van der Waals surface area contributed by atoms with E-state index in [0.717, 1.165) is 0 Å². The number of hydrogen-bond donors (Lipinski definition) is 1. The summed E-state index contributed by atoms with van der Waals surface area (Å²) in [6, 6.07) is 4.22. The van der Waals surface area contributed by atoms with E-state index in [0.29, 0.717) is 17.0 Å². The molecular weight excluding hydrogens is 273 g/mol. The van der Waals surface area contributed by atoms with Crippen LogP contribution in [0.15, 0.2) is 29.2 Å². The normalized spacial score (nSPS) is 21.6. The third-order valence-corrected chi connectivity index (χ3v) is 3.58. The van der Waals surface area contributed by atoms with Crippen LogP contribution < -0.4 is 5.43 Å². The van der Waals surface area contributed by atoms with Crippen LogP contribution in [0, 0.1) is 0 Å². The fraction of sp³-hybridized carbons (Fsp3) is 0.231. The van der Waals surface area contributed by atoms with Gasteiger partial charge in [-0.05, 0) is 12.1 Å². The van der Waals surface area contributed by atoms with Gasteiger partial charge in [-0.25, -0.2) is 9.18 Å². The summed E-state index contributed by atoms with van der Waals surface area (Å²) in [4.78, 5) is 23.1. The lowest BCUT2D eigenvalue weighted by atomic mass is 10.1. The molecular formula is C13H9ClFNO3. The number of rotatable bonds is 2. The Morgan fingerprint density at radius 2 is 2.16 bits per heavy atom. The highest BCUT2D eigenvalue weighted by molar-refractivity contribution is 6.35. The molecule has 1 saturated carbocycles. The molecule has 98 valence electrons. The van der Waals surface area contributed by atoms with Crippen LogP contribution in [-0.2, 0) is 0 Å². The summed E-state index contributed by atoms with van der Waals surface area (Å²) >= 11 is 6.06. The number of benzene rings is 1. The van der Waals surface area contributed by atoms with E-state index in [-0.39, 0.29) is 10.9 Å². The molecule has 2 unspecified atom stereocenters. The van der Waals surface area contributed by atoms with E-state index in [2.05, 4.69) is 0 Å². The molecule has 0 saturated heterocycles. The van der Waals surface area contributed by atoms with Crippen LogP contribution in [0.5, 0.6) is 0 Å². The van der Waals surface area contributed by atoms with E-state index >= 15 is 0 Å². The average molecular weight is 282 g/mol. The number of aromatic carboxylic acids is 1. The summed E-state index contributed by atoms with van der Waals surface area (Å²) in [7, 11) is 0. The maximum Gasteiger partial charge on any atom is 0.341 e. The van der Waals surface area contributed by atoms with Gasteiger partial charge in [0.2, 0.25) is 5.43 Å². The number of carboxylic acid groups (broad SMARTS) is 1. The summed E-state index contributed by atoms with van der Waals surface area (Å²) in [6.45, 7) is 0. The van der Waals surface area contributed by atoms with E-state index in [1.165, 1.54) is 16.8 Å². The van der Waals surface area contributed by atoms with Gasteiger partial charge in [0.15, 0.2) is 0 Å². The summed E-state index contributed by atoms with van der Waals surface area (Å²) in [5.74, 6) is -1.32. The Kier molecular flexibility index (Phi) is 2.60. The van der Waals surface area contributed by atoms with Crippen LogP contribution in [0.1, 0.15) is 22.8 Å². The molecule has 2 atom stereocenters. The molecule has 0 amide bonds. The van der Waals surface area contributed by atoms with Gasteiger partial charge >= 0.3 is 5.97 Å². The lowest BCUT2D eigenvalue weighted by Gasteiger charge is -2.12. The van der Waals surface area contributed by atoms with Crippen molar-refractivity contribution in [2.45, 2.75) is 18.6 Å². The lowest BCUT2D eigenvalue weighted by Crippen LogP contribution is -2.19. The highest BCUT2D eigenvalue weighted by atomic mass is 35.5. The Labute approximate surface area is 112 Å². The highest BCUT2D eigenvalue weighted by Gasteiger charge is 2.40. The largest absolute Gasteiger partial charge is 0.477 e. The molecule has 1 fully saturated rings. The Balaban J connectivity index is 2.43. The molecule has 0 bridgehead atoms. The fourth-order valence-electron chi connectivity index (χ4n) is 2.22. The lowest BCUT2D eigenvalue weighted by molar-refractivity contribution is 0.0694. The molecule has 3 rings (SSSR count). The van der Waals surface area contributed by atoms with Crippen molar-refractivity contribution in [2.24, 2.45) is 0 Å². The number of carbonyl (C=O) groups is 1. The number of halogens is 2. The second-order valence-electron chi connectivity index (χ2n) is 4.54. The third kappa shape index (κ3) is 1.81. The molecule has 1 N–H and O–H groups in total. The minimum absolute atomic E-state index is 0.200. The molecule has 0 spiro atoms. The van der Waals surface area contributed by atoms with E-state index in [1.807, 2.05) is 0 Å². The minimum Gasteiger partial charge on any atom is -0.477 e. The zero-order valence-electron chi connectivity index (χ0n) is 9.64. The Morgan fingerprint density at radius 1 is 1.47 bits per heavy atom. The first-order valence-corrected chi connectivity index (χ1v) is 6.09. The number of pyridine rings is 1. The van der Waals surface area contributed by atoms with Gasteiger partial charge in [0.25, 0.3) is 0 Å². The molecule has 1 aliphatic rings. The van der Waals surface area contributed by atoms with Crippen molar-refractivity contribution in [3.63, 3.8) is 0 Å². The molecule has 4 nitrogen and oxygen atoms in total. The van der Waals surface area contributed by atoms with Crippen LogP contribution in [0.3, 0.4) is 0 Å². The van der Waals surface area contributed by atoms with Crippen LogP contribution in [0.25, 0.3) is 10.9 Å². The van der Waals surface area contributed by atoms with Gasteiger partial charge < -0.3 is 9.67 Å². The molecule has 1 aromatic heterocycles. The summed E-state index contributed by atoms with van der Waals surface area (Å²) in [5, 5.41) is 9.56. The van der Waals surface area contributed by atoms with Gasteiger partial charge in [-0.2, -0.15) is 0 Å². The molecule has 6 heteroatoms. The van der Waals surface area contributed by atoms with Gasteiger partial charge in [0.1, 0.15) is 11.7 Å². The van der Waals surface area contributed by atoms with Crippen molar-refractivity contribution in [3.05, 3.63) is 45.2 Å². The number of fused-ring (bicyclic) bond motifs is 1. The molecule has 0 aliphatic heterocycles. The monoisotopic (exact) mass is 281 g/mol. The maximum atomic E-state index is 13.3. The number of alkyl halides is 1. The van der Waals surface area contributed by atoms with Crippen LogP contribution >= 0.6 is 11.6 Å². The van der Waals surface area contributed by atoms with Crippen molar-refractivity contribution in [1.82, 2.24) is 4.57 Å². The van der Waals surface area contributed by atoms with Crippen molar-refractivity contribution in [3.8, 4) is 0 Å². The summed E-state index contributed by atoms with van der Waals surface area (Å²) < 4.78 is 14.7. The second kappa shape index (κ2) is 4.06. The predicted molar refractivity (Wildman–Crippen MR) is 68.7 cm³/mol. The molecule has 0 radical (unpaired) electrons. The number of hydrogen-bond acceptors (Lipinski definition) is 2.